The molecule has 18 heavy (non-hydrogen) atoms. The van der Waals surface area contributed by atoms with Crippen molar-refractivity contribution in [3.63, 3.8) is 0 Å². The van der Waals surface area contributed by atoms with E-state index < -0.39 is 5.97 Å². The zero-order valence-electron chi connectivity index (χ0n) is 9.57. The fourth-order valence-corrected chi connectivity index (χ4v) is 1.51. The van der Waals surface area contributed by atoms with Crippen LogP contribution in [0, 0.1) is 0 Å². The van der Waals surface area contributed by atoms with Crippen molar-refractivity contribution in [3.8, 4) is 0 Å². The Morgan fingerprint density at radius 2 is 2.11 bits per heavy atom. The largest absolute Gasteiger partial charge is 0.478 e. The summed E-state index contributed by atoms with van der Waals surface area (Å²) in [6.45, 7) is 0.975. The lowest BCUT2D eigenvalue weighted by atomic mass is 10.2. The second-order valence-electron chi connectivity index (χ2n) is 3.52. The SMILES string of the molecule is NCCCNC(=O)Nc1ccc(C(=O)O)c(Cl)c1. The lowest BCUT2D eigenvalue weighted by Crippen LogP contribution is -2.30. The van der Waals surface area contributed by atoms with Gasteiger partial charge in [0.25, 0.3) is 0 Å². The summed E-state index contributed by atoms with van der Waals surface area (Å²) < 4.78 is 0. The van der Waals surface area contributed by atoms with Crippen LogP contribution in [-0.4, -0.2) is 30.2 Å². The van der Waals surface area contributed by atoms with Gasteiger partial charge in [0.05, 0.1) is 10.6 Å². The molecule has 0 saturated heterocycles. The molecule has 1 aromatic carbocycles. The van der Waals surface area contributed by atoms with Crippen LogP contribution in [0.25, 0.3) is 0 Å². The minimum atomic E-state index is -1.11. The molecule has 1 aromatic rings. The van der Waals surface area contributed by atoms with E-state index in [4.69, 9.17) is 22.4 Å². The van der Waals surface area contributed by atoms with Gasteiger partial charge in [0.2, 0.25) is 0 Å². The normalized spacial score (nSPS) is 9.89. The average molecular weight is 272 g/mol. The predicted molar refractivity (Wildman–Crippen MR) is 69.1 cm³/mol. The van der Waals surface area contributed by atoms with E-state index in [1.54, 1.807) is 0 Å². The smallest absolute Gasteiger partial charge is 0.337 e. The highest BCUT2D eigenvalue weighted by Gasteiger charge is 2.09. The van der Waals surface area contributed by atoms with Gasteiger partial charge < -0.3 is 21.5 Å². The Kier molecular flexibility index (Phi) is 5.41. The molecule has 0 unspecified atom stereocenters. The molecular formula is C11H14ClN3O3. The van der Waals surface area contributed by atoms with Gasteiger partial charge in [0, 0.05) is 12.2 Å². The van der Waals surface area contributed by atoms with Gasteiger partial charge >= 0.3 is 12.0 Å². The number of rotatable bonds is 5. The lowest BCUT2D eigenvalue weighted by Gasteiger charge is -2.08. The molecule has 0 aliphatic heterocycles. The maximum atomic E-state index is 11.4. The van der Waals surface area contributed by atoms with Gasteiger partial charge in [-0.25, -0.2) is 9.59 Å². The number of hydrogen-bond donors (Lipinski definition) is 4. The number of aromatic carboxylic acids is 1. The van der Waals surface area contributed by atoms with E-state index in [1.807, 2.05) is 0 Å². The third kappa shape index (κ3) is 4.23. The zero-order chi connectivity index (χ0) is 13.5. The van der Waals surface area contributed by atoms with Crippen LogP contribution in [-0.2, 0) is 0 Å². The number of carbonyl (C=O) groups excluding carboxylic acids is 1. The van der Waals surface area contributed by atoms with Crippen LogP contribution in [0.3, 0.4) is 0 Å². The predicted octanol–water partition coefficient (Wildman–Crippen LogP) is 1.51. The first-order valence-electron chi connectivity index (χ1n) is 5.32. The quantitative estimate of drug-likeness (QED) is 0.609. The Balaban J connectivity index is 2.60. The zero-order valence-corrected chi connectivity index (χ0v) is 10.3. The van der Waals surface area contributed by atoms with Crippen molar-refractivity contribution in [1.82, 2.24) is 5.32 Å². The Hall–Kier alpha value is -1.79. The number of urea groups is 1. The summed E-state index contributed by atoms with van der Waals surface area (Å²) in [5, 5.41) is 14.0. The molecule has 5 N–H and O–H groups in total. The molecule has 1 rings (SSSR count). The summed E-state index contributed by atoms with van der Waals surface area (Å²) in [5.41, 5.74) is 5.70. The number of hydrogen-bond acceptors (Lipinski definition) is 3. The molecule has 0 bridgehead atoms. The molecule has 0 aliphatic carbocycles. The van der Waals surface area contributed by atoms with E-state index in [-0.39, 0.29) is 16.6 Å². The summed E-state index contributed by atoms with van der Waals surface area (Å²) in [5.74, 6) is -1.11. The van der Waals surface area contributed by atoms with Crippen molar-refractivity contribution >= 4 is 29.3 Å². The van der Waals surface area contributed by atoms with Crippen LogP contribution in [0.2, 0.25) is 5.02 Å². The van der Waals surface area contributed by atoms with Gasteiger partial charge in [-0.05, 0) is 31.2 Å². The molecular weight excluding hydrogens is 258 g/mol. The van der Waals surface area contributed by atoms with E-state index in [0.717, 1.165) is 0 Å². The minimum Gasteiger partial charge on any atom is -0.478 e. The summed E-state index contributed by atoms with van der Waals surface area (Å²) in [6.07, 6.45) is 0.687. The Labute approximate surface area is 109 Å². The molecule has 0 saturated carbocycles. The van der Waals surface area contributed by atoms with Crippen molar-refractivity contribution in [3.05, 3.63) is 28.8 Å². The number of carboxylic acids is 1. The Bertz CT molecular complexity index is 451. The summed E-state index contributed by atoms with van der Waals surface area (Å²) in [6, 6.07) is 3.80. The fourth-order valence-electron chi connectivity index (χ4n) is 1.25. The van der Waals surface area contributed by atoms with Gasteiger partial charge in [-0.1, -0.05) is 11.6 Å². The number of amides is 2. The summed E-state index contributed by atoms with van der Waals surface area (Å²) in [7, 11) is 0. The molecule has 0 heterocycles. The van der Waals surface area contributed by atoms with Crippen molar-refractivity contribution in [2.75, 3.05) is 18.4 Å². The summed E-state index contributed by atoms with van der Waals surface area (Å²) >= 11 is 5.77. The van der Waals surface area contributed by atoms with E-state index in [0.29, 0.717) is 25.2 Å². The van der Waals surface area contributed by atoms with Crippen molar-refractivity contribution in [2.45, 2.75) is 6.42 Å². The standard InChI is InChI=1S/C11H14ClN3O3/c12-9-6-7(2-3-8(9)10(16)17)15-11(18)14-5-1-4-13/h2-3,6H,1,4-5,13H2,(H,16,17)(H2,14,15,18). The number of carboxylic acid groups (broad SMARTS) is 1. The molecule has 98 valence electrons. The topological polar surface area (TPSA) is 104 Å². The van der Waals surface area contributed by atoms with Crippen LogP contribution in [0.1, 0.15) is 16.8 Å². The fraction of sp³-hybridized carbons (Fsp3) is 0.273. The third-order valence-electron chi connectivity index (χ3n) is 2.12. The number of benzene rings is 1. The molecule has 7 heteroatoms. The minimum absolute atomic E-state index is 0.00856. The maximum absolute atomic E-state index is 11.4. The number of anilines is 1. The molecule has 6 nitrogen and oxygen atoms in total. The third-order valence-corrected chi connectivity index (χ3v) is 2.44. The summed E-state index contributed by atoms with van der Waals surface area (Å²) in [4.78, 5) is 22.1. The van der Waals surface area contributed by atoms with Gasteiger partial charge in [0.1, 0.15) is 0 Å². The monoisotopic (exact) mass is 271 g/mol. The highest BCUT2D eigenvalue weighted by atomic mass is 35.5. The number of nitrogens with one attached hydrogen (secondary N) is 2. The molecule has 0 fully saturated rings. The van der Waals surface area contributed by atoms with E-state index in [1.165, 1.54) is 18.2 Å². The first-order valence-corrected chi connectivity index (χ1v) is 5.70. The first kappa shape index (κ1) is 14.3. The first-order chi connectivity index (χ1) is 8.54. The molecule has 0 aromatic heterocycles. The van der Waals surface area contributed by atoms with Gasteiger partial charge in [-0.15, -0.1) is 0 Å². The number of nitrogens with two attached hydrogens (primary N) is 1. The highest BCUT2D eigenvalue weighted by molar-refractivity contribution is 6.33. The van der Waals surface area contributed by atoms with Crippen LogP contribution in [0.4, 0.5) is 10.5 Å². The van der Waals surface area contributed by atoms with Gasteiger partial charge in [-0.2, -0.15) is 0 Å². The average Bonchev–Trinajstić information content (AvgIpc) is 2.28. The van der Waals surface area contributed by atoms with Gasteiger partial charge in [-0.3, -0.25) is 0 Å². The second-order valence-corrected chi connectivity index (χ2v) is 3.93. The molecule has 0 radical (unpaired) electrons. The number of halogens is 1. The van der Waals surface area contributed by atoms with E-state index in [2.05, 4.69) is 10.6 Å². The van der Waals surface area contributed by atoms with E-state index >= 15 is 0 Å². The van der Waals surface area contributed by atoms with Crippen LogP contribution >= 0.6 is 11.6 Å². The molecule has 2 amide bonds. The van der Waals surface area contributed by atoms with Crippen LogP contribution in [0.5, 0.6) is 0 Å². The van der Waals surface area contributed by atoms with E-state index in [9.17, 15) is 9.59 Å². The van der Waals surface area contributed by atoms with Crippen LogP contribution < -0.4 is 16.4 Å². The molecule has 0 spiro atoms. The Morgan fingerprint density at radius 1 is 1.39 bits per heavy atom. The maximum Gasteiger partial charge on any atom is 0.337 e. The van der Waals surface area contributed by atoms with Crippen LogP contribution in [0.15, 0.2) is 18.2 Å². The lowest BCUT2D eigenvalue weighted by molar-refractivity contribution is 0.0697. The van der Waals surface area contributed by atoms with Crippen molar-refractivity contribution < 1.29 is 14.7 Å². The highest BCUT2D eigenvalue weighted by Crippen LogP contribution is 2.20. The number of carbonyl (C=O) groups is 2. The Morgan fingerprint density at radius 3 is 2.67 bits per heavy atom. The second kappa shape index (κ2) is 6.83. The molecule has 0 atom stereocenters. The van der Waals surface area contributed by atoms with Gasteiger partial charge in [0.15, 0.2) is 0 Å². The molecule has 0 aliphatic rings. The van der Waals surface area contributed by atoms with Crippen molar-refractivity contribution in [2.24, 2.45) is 5.73 Å². The van der Waals surface area contributed by atoms with Crippen molar-refractivity contribution in [1.29, 1.82) is 0 Å².